The quantitative estimate of drug-likeness (QED) is 0.716. The van der Waals surface area contributed by atoms with Crippen LogP contribution in [0.5, 0.6) is 0 Å². The molecule has 4 fully saturated rings. The van der Waals surface area contributed by atoms with E-state index in [4.69, 9.17) is 0 Å². The molecule has 0 saturated heterocycles. The summed E-state index contributed by atoms with van der Waals surface area (Å²) in [4.78, 5) is 12.6. The molecule has 0 aromatic heterocycles. The lowest BCUT2D eigenvalue weighted by molar-refractivity contribution is -0.157. The Morgan fingerprint density at radius 1 is 1.05 bits per heavy atom. The van der Waals surface area contributed by atoms with Gasteiger partial charge in [-0.05, 0) is 86.9 Å². The van der Waals surface area contributed by atoms with Crippen LogP contribution in [0.25, 0.3) is 0 Å². The van der Waals surface area contributed by atoms with Crippen LogP contribution in [-0.4, -0.2) is 17.0 Å². The molecule has 4 aliphatic carbocycles. The molecule has 0 heterocycles. The maximum absolute atomic E-state index is 12.6. The third-order valence-corrected chi connectivity index (χ3v) is 8.51. The van der Waals surface area contributed by atoms with Crippen LogP contribution in [0, 0.1) is 28.1 Å². The minimum absolute atomic E-state index is 0.0234. The molecule has 1 spiro atoms. The fourth-order valence-electron chi connectivity index (χ4n) is 7.34. The molecule has 0 aliphatic heterocycles. The Bertz CT molecular complexity index is 486. The second-order valence-electron chi connectivity index (χ2n) is 9.64. The van der Waals surface area contributed by atoms with Crippen LogP contribution in [-0.2, 0) is 4.79 Å². The van der Waals surface area contributed by atoms with Crippen molar-refractivity contribution in [1.82, 2.24) is 0 Å². The molecule has 0 radical (unpaired) electrons. The molecule has 0 aromatic carbocycles. The van der Waals surface area contributed by atoms with E-state index in [1.165, 1.54) is 32.1 Å². The van der Waals surface area contributed by atoms with E-state index in [2.05, 4.69) is 13.8 Å². The minimum atomic E-state index is -0.0586. The lowest BCUT2D eigenvalue weighted by Crippen LogP contribution is -2.56. The Hall–Kier alpha value is -0.370. The van der Waals surface area contributed by atoms with Gasteiger partial charge < -0.3 is 5.11 Å². The van der Waals surface area contributed by atoms with Crippen molar-refractivity contribution in [2.24, 2.45) is 28.1 Å². The Morgan fingerprint density at radius 3 is 2.68 bits per heavy atom. The van der Waals surface area contributed by atoms with Crippen molar-refractivity contribution in [1.29, 1.82) is 0 Å². The number of Topliss-reactive ketones (excluding diaryl/α,β-unsaturated/α-hetero) is 1. The monoisotopic (exact) mass is 304 g/mol. The molecule has 2 nitrogen and oxygen atoms in total. The van der Waals surface area contributed by atoms with Gasteiger partial charge in [-0.1, -0.05) is 13.8 Å². The highest BCUT2D eigenvalue weighted by Gasteiger charge is 2.61. The highest BCUT2D eigenvalue weighted by atomic mass is 16.3. The van der Waals surface area contributed by atoms with Gasteiger partial charge in [0.25, 0.3) is 0 Å². The van der Waals surface area contributed by atoms with Gasteiger partial charge in [0.05, 0.1) is 6.10 Å². The van der Waals surface area contributed by atoms with Gasteiger partial charge in [0.15, 0.2) is 0 Å². The van der Waals surface area contributed by atoms with Gasteiger partial charge in [-0.15, -0.1) is 0 Å². The Morgan fingerprint density at radius 2 is 1.86 bits per heavy atom. The first kappa shape index (κ1) is 15.2. The van der Waals surface area contributed by atoms with E-state index in [9.17, 15) is 9.90 Å². The number of hydrogen-bond acceptors (Lipinski definition) is 2. The highest BCUT2D eigenvalue weighted by molar-refractivity contribution is 5.85. The largest absolute Gasteiger partial charge is 0.393 e. The van der Waals surface area contributed by atoms with Gasteiger partial charge in [-0.3, -0.25) is 4.79 Å². The summed E-state index contributed by atoms with van der Waals surface area (Å²) in [5, 5.41) is 10.1. The summed E-state index contributed by atoms with van der Waals surface area (Å²) in [7, 11) is 0. The summed E-state index contributed by atoms with van der Waals surface area (Å²) in [6, 6.07) is 0. The first-order valence-corrected chi connectivity index (χ1v) is 9.59. The van der Waals surface area contributed by atoms with E-state index in [1.54, 1.807) is 0 Å². The maximum Gasteiger partial charge on any atom is 0.138 e. The summed E-state index contributed by atoms with van der Waals surface area (Å²) in [6.07, 6.45) is 12.5. The average molecular weight is 304 g/mol. The van der Waals surface area contributed by atoms with E-state index in [0.29, 0.717) is 16.6 Å². The standard InChI is InChI=1S/C20H32O2/c1-18-9-7-16-19(2)10-6-15(21)12-14(19)5-11-20(16,13-18)8-3-4-17(18)22/h14-16,21H,3-13H2,1-2H3. The van der Waals surface area contributed by atoms with Crippen LogP contribution in [0.1, 0.15) is 84.5 Å². The van der Waals surface area contributed by atoms with Gasteiger partial charge in [0.1, 0.15) is 5.78 Å². The average Bonchev–Trinajstić information content (AvgIpc) is 2.56. The predicted octanol–water partition coefficient (Wildman–Crippen LogP) is 4.49. The third-order valence-electron chi connectivity index (χ3n) is 8.51. The number of fused-ring (bicyclic) bond motifs is 3. The molecule has 6 atom stereocenters. The summed E-state index contributed by atoms with van der Waals surface area (Å²) in [6.45, 7) is 4.79. The molecule has 1 N–H and O–H groups in total. The van der Waals surface area contributed by atoms with E-state index in [0.717, 1.165) is 50.4 Å². The second-order valence-corrected chi connectivity index (χ2v) is 9.64. The van der Waals surface area contributed by atoms with Crippen LogP contribution < -0.4 is 0 Å². The maximum atomic E-state index is 12.6. The van der Waals surface area contributed by atoms with Crippen LogP contribution in [0.3, 0.4) is 0 Å². The molecule has 124 valence electrons. The van der Waals surface area contributed by atoms with Crippen molar-refractivity contribution in [2.45, 2.75) is 90.6 Å². The molecule has 4 aliphatic rings. The SMILES string of the molecule is CC12CCC3C(CCCC1=O)(CCC1CC(O)CCC13C)C2. The first-order valence-electron chi connectivity index (χ1n) is 9.59. The number of rotatable bonds is 0. The molecule has 6 unspecified atom stereocenters. The molecular weight excluding hydrogens is 272 g/mol. The van der Waals surface area contributed by atoms with Crippen LogP contribution in [0.2, 0.25) is 0 Å². The fraction of sp³-hybridized carbons (Fsp3) is 0.950. The molecule has 22 heavy (non-hydrogen) atoms. The zero-order valence-electron chi connectivity index (χ0n) is 14.4. The van der Waals surface area contributed by atoms with Crippen molar-refractivity contribution in [3.8, 4) is 0 Å². The number of carbonyl (C=O) groups excluding carboxylic acids is 1. The summed E-state index contributed by atoms with van der Waals surface area (Å²) >= 11 is 0. The lowest BCUT2D eigenvalue weighted by Gasteiger charge is -2.63. The Kier molecular flexibility index (Phi) is 3.32. The van der Waals surface area contributed by atoms with Crippen molar-refractivity contribution < 1.29 is 9.90 Å². The van der Waals surface area contributed by atoms with E-state index in [1.807, 2.05) is 0 Å². The molecule has 2 heteroatoms. The molecular formula is C20H32O2. The van der Waals surface area contributed by atoms with Crippen molar-refractivity contribution in [3.05, 3.63) is 0 Å². The van der Waals surface area contributed by atoms with Crippen molar-refractivity contribution in [3.63, 3.8) is 0 Å². The normalized spacial score (nSPS) is 55.0. The number of carbonyl (C=O) groups is 1. The zero-order chi connectivity index (χ0) is 15.6. The lowest BCUT2D eigenvalue weighted by atomic mass is 9.41. The molecule has 0 amide bonds. The molecule has 0 aromatic rings. The van der Waals surface area contributed by atoms with Crippen molar-refractivity contribution in [2.75, 3.05) is 0 Å². The predicted molar refractivity (Wildman–Crippen MR) is 87.4 cm³/mol. The highest BCUT2D eigenvalue weighted by Crippen LogP contribution is 2.68. The van der Waals surface area contributed by atoms with Gasteiger partial charge >= 0.3 is 0 Å². The number of hydrogen-bond donors (Lipinski definition) is 1. The van der Waals surface area contributed by atoms with E-state index in [-0.39, 0.29) is 11.5 Å². The summed E-state index contributed by atoms with van der Waals surface area (Å²) in [5.74, 6) is 2.06. The Balaban J connectivity index is 1.70. The Labute approximate surface area is 135 Å². The zero-order valence-corrected chi connectivity index (χ0v) is 14.4. The molecule has 4 saturated carbocycles. The molecule has 2 bridgehead atoms. The minimum Gasteiger partial charge on any atom is -0.393 e. The topological polar surface area (TPSA) is 37.3 Å². The number of aliphatic hydroxyl groups is 1. The van der Waals surface area contributed by atoms with E-state index >= 15 is 0 Å². The van der Waals surface area contributed by atoms with Gasteiger partial charge in [-0.25, -0.2) is 0 Å². The number of aliphatic hydroxyl groups excluding tert-OH is 1. The van der Waals surface area contributed by atoms with Crippen LogP contribution in [0.15, 0.2) is 0 Å². The van der Waals surface area contributed by atoms with Crippen LogP contribution >= 0.6 is 0 Å². The second kappa shape index (κ2) is 4.82. The van der Waals surface area contributed by atoms with Gasteiger partial charge in [0, 0.05) is 11.8 Å². The van der Waals surface area contributed by atoms with Gasteiger partial charge in [0.2, 0.25) is 0 Å². The third kappa shape index (κ3) is 1.98. The van der Waals surface area contributed by atoms with Crippen molar-refractivity contribution >= 4 is 5.78 Å². The molecule has 4 rings (SSSR count). The van der Waals surface area contributed by atoms with Crippen LogP contribution in [0.4, 0.5) is 0 Å². The summed E-state index contributed by atoms with van der Waals surface area (Å²) < 4.78 is 0. The van der Waals surface area contributed by atoms with Gasteiger partial charge in [-0.2, -0.15) is 0 Å². The van der Waals surface area contributed by atoms with E-state index < -0.39 is 0 Å². The smallest absolute Gasteiger partial charge is 0.138 e. The number of ketones is 1. The summed E-state index contributed by atoms with van der Waals surface area (Å²) in [5.41, 5.74) is 0.837. The fourth-order valence-corrected chi connectivity index (χ4v) is 7.34. The first-order chi connectivity index (χ1) is 10.4.